The third-order valence-electron chi connectivity index (χ3n) is 5.82. The fraction of sp³-hybridized carbons (Fsp3) is 1.00. The molecule has 1 saturated heterocycles. The lowest BCUT2D eigenvalue weighted by Crippen LogP contribution is -2.25. The van der Waals surface area contributed by atoms with Crippen molar-refractivity contribution in [2.24, 2.45) is 0 Å². The minimum Gasteiger partial charge on any atom is -0.102 e. The molecule has 0 radical (unpaired) electrons. The Bertz CT molecular complexity index is 248. The Morgan fingerprint density at radius 3 is 1.63 bits per heavy atom. The Balaban J connectivity index is 1.73. The summed E-state index contributed by atoms with van der Waals surface area (Å²) in [6.45, 7) is 2.65. The molecule has 1 heterocycles. The fourth-order valence-corrected chi connectivity index (χ4v) is 13.7. The second-order valence-electron chi connectivity index (χ2n) is 7.13. The molecule has 3 aliphatic rings. The average Bonchev–Trinajstić information content (AvgIpc) is 2.88. The smallest absolute Gasteiger partial charge is 0.000321 e. The van der Waals surface area contributed by atoms with Crippen LogP contribution in [0.5, 0.6) is 0 Å². The van der Waals surface area contributed by atoms with Crippen molar-refractivity contribution in [1.29, 1.82) is 0 Å². The molecule has 2 aliphatic carbocycles. The highest BCUT2D eigenvalue weighted by atomic mass is 31.2. The molecule has 0 nitrogen and oxygen atoms in total. The van der Waals surface area contributed by atoms with Gasteiger partial charge in [-0.05, 0) is 68.1 Å². The van der Waals surface area contributed by atoms with E-state index in [-0.39, 0.29) is 0 Å². The molecule has 110 valence electrons. The first-order valence-corrected chi connectivity index (χ1v) is 12.4. The van der Waals surface area contributed by atoms with Gasteiger partial charge >= 0.3 is 0 Å². The average molecular weight is 298 g/mol. The van der Waals surface area contributed by atoms with Crippen LogP contribution >= 0.6 is 15.8 Å². The molecule has 2 saturated carbocycles. The molecule has 3 fully saturated rings. The SMILES string of the molecule is C[P@]1CCC[C@@H]1P(C1CCCCC1)C1CCCCC1. The molecule has 0 spiro atoms. The lowest BCUT2D eigenvalue weighted by Gasteiger charge is -2.43. The third-order valence-corrected chi connectivity index (χ3v) is 13.8. The zero-order valence-electron chi connectivity index (χ0n) is 12.8. The quantitative estimate of drug-likeness (QED) is 0.531. The fourth-order valence-electron chi connectivity index (χ4n) is 4.81. The minimum atomic E-state index is 0.391. The predicted octanol–water partition coefficient (Wildman–Crippen LogP) is 6.37. The maximum Gasteiger partial charge on any atom is -0.000321 e. The highest BCUT2D eigenvalue weighted by Gasteiger charge is 2.39. The Labute approximate surface area is 123 Å². The molecular weight excluding hydrogens is 266 g/mol. The largest absolute Gasteiger partial charge is 0.102 e. The number of rotatable bonds is 3. The van der Waals surface area contributed by atoms with Crippen molar-refractivity contribution in [3.05, 3.63) is 0 Å². The van der Waals surface area contributed by atoms with Gasteiger partial charge in [-0.25, -0.2) is 0 Å². The maximum atomic E-state index is 2.65. The Hall–Kier alpha value is 0.860. The van der Waals surface area contributed by atoms with Crippen LogP contribution in [0.4, 0.5) is 0 Å². The summed E-state index contributed by atoms with van der Waals surface area (Å²) < 4.78 is 0. The van der Waals surface area contributed by atoms with E-state index in [2.05, 4.69) is 6.66 Å². The number of hydrogen-bond acceptors (Lipinski definition) is 0. The van der Waals surface area contributed by atoms with Crippen LogP contribution in [0.25, 0.3) is 0 Å². The van der Waals surface area contributed by atoms with Gasteiger partial charge in [-0.15, -0.1) is 7.92 Å². The molecule has 0 aromatic carbocycles. The van der Waals surface area contributed by atoms with Gasteiger partial charge in [0.05, 0.1) is 0 Å². The van der Waals surface area contributed by atoms with E-state index in [1.165, 1.54) is 29.6 Å². The standard InChI is InChI=1S/C17H32P2/c1-18-14-8-13-17(18)19(15-9-4-2-5-10-15)16-11-6-3-7-12-16/h15-17H,2-14H2,1H3/t17-,18+/m0/s1. The first-order valence-electron chi connectivity index (χ1n) is 8.84. The van der Waals surface area contributed by atoms with Crippen LogP contribution in [0.3, 0.4) is 0 Å². The van der Waals surface area contributed by atoms with Gasteiger partial charge in [-0.3, -0.25) is 0 Å². The molecule has 0 bridgehead atoms. The van der Waals surface area contributed by atoms with E-state index in [4.69, 9.17) is 0 Å². The maximum absolute atomic E-state index is 2.65. The molecule has 2 atom stereocenters. The summed E-state index contributed by atoms with van der Waals surface area (Å²) in [4.78, 5) is 0. The van der Waals surface area contributed by atoms with Crippen LogP contribution in [-0.2, 0) is 0 Å². The summed E-state index contributed by atoms with van der Waals surface area (Å²) >= 11 is 0. The first kappa shape index (κ1) is 14.8. The molecule has 0 aromatic heterocycles. The van der Waals surface area contributed by atoms with Crippen LogP contribution in [0.2, 0.25) is 0 Å². The Morgan fingerprint density at radius 2 is 1.21 bits per heavy atom. The lowest BCUT2D eigenvalue weighted by molar-refractivity contribution is 0.483. The minimum absolute atomic E-state index is 0.391. The van der Waals surface area contributed by atoms with Crippen LogP contribution < -0.4 is 0 Å². The van der Waals surface area contributed by atoms with Gasteiger partial charge in [0.2, 0.25) is 0 Å². The van der Waals surface area contributed by atoms with Crippen molar-refractivity contribution in [2.75, 3.05) is 12.8 Å². The molecule has 0 aromatic rings. The van der Waals surface area contributed by atoms with Crippen molar-refractivity contribution in [1.82, 2.24) is 0 Å². The van der Waals surface area contributed by atoms with Gasteiger partial charge in [-0.2, -0.15) is 0 Å². The first-order chi connectivity index (χ1) is 9.36. The summed E-state index contributed by atoms with van der Waals surface area (Å²) in [7, 11) is 0.803. The normalized spacial score (nSPS) is 35.1. The van der Waals surface area contributed by atoms with E-state index in [0.717, 1.165) is 0 Å². The van der Waals surface area contributed by atoms with E-state index in [1.54, 1.807) is 70.4 Å². The summed E-state index contributed by atoms with van der Waals surface area (Å²) in [5.41, 5.74) is 2.39. The molecular formula is C17H32P2. The van der Waals surface area contributed by atoms with E-state index in [1.807, 2.05) is 0 Å². The van der Waals surface area contributed by atoms with Gasteiger partial charge in [-0.1, -0.05) is 46.4 Å². The van der Waals surface area contributed by atoms with Crippen LogP contribution in [0, 0.1) is 0 Å². The topological polar surface area (TPSA) is 0 Å². The molecule has 0 amide bonds. The summed E-state index contributed by atoms with van der Waals surface area (Å²) in [5, 5.41) is 1.23. The van der Waals surface area contributed by atoms with E-state index < -0.39 is 0 Å². The van der Waals surface area contributed by atoms with Crippen LogP contribution in [0.1, 0.15) is 77.0 Å². The van der Waals surface area contributed by atoms with Crippen molar-refractivity contribution in [2.45, 2.75) is 93.8 Å². The lowest BCUT2D eigenvalue weighted by atomic mass is 9.99. The monoisotopic (exact) mass is 298 g/mol. The molecule has 1 aliphatic heterocycles. The molecule has 19 heavy (non-hydrogen) atoms. The van der Waals surface area contributed by atoms with Gasteiger partial charge in [0.15, 0.2) is 0 Å². The summed E-state index contributed by atoms with van der Waals surface area (Å²) in [6.07, 6.45) is 20.6. The zero-order valence-corrected chi connectivity index (χ0v) is 14.6. The molecule has 2 heteroatoms. The third kappa shape index (κ3) is 3.55. The summed E-state index contributed by atoms with van der Waals surface area (Å²) in [6, 6.07) is 0. The van der Waals surface area contributed by atoms with Crippen LogP contribution in [-0.4, -0.2) is 29.5 Å². The Morgan fingerprint density at radius 1 is 0.684 bits per heavy atom. The second kappa shape index (κ2) is 7.22. The van der Waals surface area contributed by atoms with Gasteiger partial charge < -0.3 is 0 Å². The van der Waals surface area contributed by atoms with Crippen molar-refractivity contribution >= 4 is 15.8 Å². The summed E-state index contributed by atoms with van der Waals surface area (Å²) in [5.74, 6) is 0. The molecule has 3 rings (SSSR count). The second-order valence-corrected chi connectivity index (χ2v) is 13.1. The van der Waals surface area contributed by atoms with Gasteiger partial charge in [0, 0.05) is 0 Å². The highest BCUT2D eigenvalue weighted by Crippen LogP contribution is 2.69. The van der Waals surface area contributed by atoms with Crippen molar-refractivity contribution in [3.8, 4) is 0 Å². The van der Waals surface area contributed by atoms with Gasteiger partial charge in [0.25, 0.3) is 0 Å². The predicted molar refractivity (Wildman–Crippen MR) is 91.4 cm³/mol. The van der Waals surface area contributed by atoms with E-state index in [9.17, 15) is 0 Å². The van der Waals surface area contributed by atoms with Crippen molar-refractivity contribution in [3.63, 3.8) is 0 Å². The Kier molecular flexibility index (Phi) is 5.62. The highest BCUT2D eigenvalue weighted by molar-refractivity contribution is 7.76. The van der Waals surface area contributed by atoms with E-state index in [0.29, 0.717) is 15.8 Å². The van der Waals surface area contributed by atoms with Crippen molar-refractivity contribution < 1.29 is 0 Å². The molecule has 0 unspecified atom stereocenters. The molecule has 0 N–H and O–H groups in total. The van der Waals surface area contributed by atoms with Crippen LogP contribution in [0.15, 0.2) is 0 Å². The van der Waals surface area contributed by atoms with Gasteiger partial charge in [0.1, 0.15) is 0 Å². The zero-order chi connectivity index (χ0) is 13.1. The van der Waals surface area contributed by atoms with E-state index >= 15 is 0 Å². The number of hydrogen-bond donors (Lipinski definition) is 0.